The van der Waals surface area contributed by atoms with Gasteiger partial charge < -0.3 is 5.11 Å². The highest BCUT2D eigenvalue weighted by Gasteiger charge is 2.31. The van der Waals surface area contributed by atoms with Gasteiger partial charge in [-0.15, -0.1) is 0 Å². The number of hydrogen-bond donors (Lipinski definition) is 2. The molecule has 0 aromatic rings. The van der Waals surface area contributed by atoms with E-state index in [-0.39, 0.29) is 19.1 Å². The minimum absolute atomic E-state index is 0.102. The lowest BCUT2D eigenvalue weighted by Gasteiger charge is -2.30. The Morgan fingerprint density at radius 3 is 2.53 bits per heavy atom. The summed E-state index contributed by atoms with van der Waals surface area (Å²) in [5, 5.41) is 8.88. The van der Waals surface area contributed by atoms with Crippen LogP contribution in [0.4, 0.5) is 0 Å². The van der Waals surface area contributed by atoms with Crippen LogP contribution in [0.1, 0.15) is 26.2 Å². The molecule has 1 atom stereocenters. The normalized spacial score (nSPS) is 20.3. The van der Waals surface area contributed by atoms with Crippen LogP contribution in [-0.4, -0.2) is 54.9 Å². The molecule has 1 unspecified atom stereocenters. The molecule has 1 saturated heterocycles. The molecule has 1 heterocycles. The Balaban J connectivity index is 2.48. The van der Waals surface area contributed by atoms with Crippen LogP contribution in [0.15, 0.2) is 0 Å². The van der Waals surface area contributed by atoms with Gasteiger partial charge in [0.05, 0.1) is 5.92 Å². The smallest absolute Gasteiger partial charge is 0.306 e. The van der Waals surface area contributed by atoms with E-state index < -0.39 is 22.1 Å². The van der Waals surface area contributed by atoms with Crippen LogP contribution in [0.25, 0.3) is 0 Å². The summed E-state index contributed by atoms with van der Waals surface area (Å²) in [4.78, 5) is 10.8. The molecule has 0 aromatic heterocycles. The zero-order valence-electron chi connectivity index (χ0n) is 11.3. The van der Waals surface area contributed by atoms with Crippen molar-refractivity contribution in [3.63, 3.8) is 0 Å². The molecule has 6 nitrogen and oxygen atoms in total. The molecule has 112 valence electrons. The Labute approximate surface area is 119 Å². The predicted octanol–water partition coefficient (Wildman–Crippen LogP) is 0.759. The van der Waals surface area contributed by atoms with Gasteiger partial charge in [-0.2, -0.15) is 29.2 Å². The number of aliphatic carboxylic acids is 1. The predicted molar refractivity (Wildman–Crippen MR) is 76.4 cm³/mol. The average molecular weight is 310 g/mol. The van der Waals surface area contributed by atoms with E-state index in [1.54, 1.807) is 11.8 Å². The Morgan fingerprint density at radius 2 is 2.05 bits per heavy atom. The minimum atomic E-state index is -3.48. The topological polar surface area (TPSA) is 86.7 Å². The quantitative estimate of drug-likeness (QED) is 0.725. The molecule has 1 fully saturated rings. The third-order valence-electron chi connectivity index (χ3n) is 3.25. The second-order valence-electron chi connectivity index (χ2n) is 4.82. The molecule has 2 N–H and O–H groups in total. The summed E-state index contributed by atoms with van der Waals surface area (Å²) in [6, 6.07) is -0.102. The molecule has 8 heteroatoms. The number of piperidine rings is 1. The summed E-state index contributed by atoms with van der Waals surface area (Å²) in [7, 11) is -3.48. The lowest BCUT2D eigenvalue weighted by Crippen LogP contribution is -2.48. The summed E-state index contributed by atoms with van der Waals surface area (Å²) in [5.41, 5.74) is 0. The van der Waals surface area contributed by atoms with Crippen molar-refractivity contribution in [3.05, 3.63) is 0 Å². The maximum absolute atomic E-state index is 12.1. The fourth-order valence-corrected chi connectivity index (χ4v) is 4.08. The van der Waals surface area contributed by atoms with E-state index in [4.69, 9.17) is 5.11 Å². The van der Waals surface area contributed by atoms with E-state index in [0.29, 0.717) is 12.8 Å². The lowest BCUT2D eigenvalue weighted by molar-refractivity contribution is -0.142. The van der Waals surface area contributed by atoms with E-state index in [1.807, 2.05) is 13.2 Å². The van der Waals surface area contributed by atoms with Gasteiger partial charge in [-0.25, -0.2) is 0 Å². The minimum Gasteiger partial charge on any atom is -0.481 e. The first-order chi connectivity index (χ1) is 8.86. The fourth-order valence-electron chi connectivity index (χ4n) is 2.03. The van der Waals surface area contributed by atoms with Gasteiger partial charge in [-0.3, -0.25) is 4.79 Å². The lowest BCUT2D eigenvalue weighted by atomic mass is 9.99. The summed E-state index contributed by atoms with van der Waals surface area (Å²) in [6.07, 6.45) is 3.54. The Hall–Kier alpha value is -0.310. The Bertz CT molecular complexity index is 391. The molecule has 0 amide bonds. The first-order valence-electron chi connectivity index (χ1n) is 6.36. The van der Waals surface area contributed by atoms with Crippen molar-refractivity contribution in [2.75, 3.05) is 25.1 Å². The van der Waals surface area contributed by atoms with Gasteiger partial charge >= 0.3 is 5.97 Å². The van der Waals surface area contributed by atoms with Gasteiger partial charge in [0.15, 0.2) is 0 Å². The molecule has 0 aromatic carbocycles. The highest BCUT2D eigenvalue weighted by Crippen LogP contribution is 2.19. The first-order valence-corrected chi connectivity index (χ1v) is 9.19. The zero-order chi connectivity index (χ0) is 14.5. The van der Waals surface area contributed by atoms with Crippen molar-refractivity contribution in [1.82, 2.24) is 9.03 Å². The van der Waals surface area contributed by atoms with E-state index >= 15 is 0 Å². The molecule has 0 radical (unpaired) electrons. The highest BCUT2D eigenvalue weighted by atomic mass is 32.2. The molecule has 1 aliphatic rings. The largest absolute Gasteiger partial charge is 0.481 e. The molecule has 0 saturated carbocycles. The average Bonchev–Trinajstić information content (AvgIpc) is 2.36. The Morgan fingerprint density at radius 1 is 1.47 bits per heavy atom. The van der Waals surface area contributed by atoms with E-state index in [0.717, 1.165) is 12.2 Å². The second-order valence-corrected chi connectivity index (χ2v) is 7.50. The number of rotatable bonds is 7. The number of hydrogen-bond acceptors (Lipinski definition) is 4. The van der Waals surface area contributed by atoms with Gasteiger partial charge in [0.2, 0.25) is 0 Å². The third kappa shape index (κ3) is 5.29. The number of carboxylic acids is 1. The van der Waals surface area contributed by atoms with Crippen molar-refractivity contribution in [2.45, 2.75) is 32.2 Å². The van der Waals surface area contributed by atoms with E-state index in [2.05, 4.69) is 4.72 Å². The van der Waals surface area contributed by atoms with Crippen LogP contribution in [-0.2, 0) is 15.0 Å². The molecular weight excluding hydrogens is 288 g/mol. The third-order valence-corrected chi connectivity index (χ3v) is 5.64. The van der Waals surface area contributed by atoms with Gasteiger partial charge in [0.1, 0.15) is 0 Å². The highest BCUT2D eigenvalue weighted by molar-refractivity contribution is 7.98. The van der Waals surface area contributed by atoms with E-state index in [9.17, 15) is 13.2 Å². The molecular formula is C11H22N2O4S2. The maximum Gasteiger partial charge on any atom is 0.306 e. The van der Waals surface area contributed by atoms with Crippen LogP contribution in [0.5, 0.6) is 0 Å². The monoisotopic (exact) mass is 310 g/mol. The van der Waals surface area contributed by atoms with Gasteiger partial charge in [-0.05, 0) is 38.2 Å². The molecule has 0 aliphatic carbocycles. The first kappa shape index (κ1) is 16.7. The van der Waals surface area contributed by atoms with Gasteiger partial charge in [0, 0.05) is 19.1 Å². The van der Waals surface area contributed by atoms with Gasteiger partial charge in [0.25, 0.3) is 10.2 Å². The molecule has 19 heavy (non-hydrogen) atoms. The number of nitrogens with zero attached hydrogens (tertiary/aromatic N) is 1. The number of carboxylic acid groups (broad SMARTS) is 1. The maximum atomic E-state index is 12.1. The van der Waals surface area contributed by atoms with E-state index in [1.165, 1.54) is 4.31 Å². The van der Waals surface area contributed by atoms with Crippen LogP contribution in [0.2, 0.25) is 0 Å². The molecule has 0 bridgehead atoms. The summed E-state index contributed by atoms with van der Waals surface area (Å²) >= 11 is 1.68. The van der Waals surface area contributed by atoms with Crippen LogP contribution >= 0.6 is 11.8 Å². The summed E-state index contributed by atoms with van der Waals surface area (Å²) in [6.45, 7) is 2.40. The molecule has 1 aliphatic heterocycles. The Kier molecular flexibility index (Phi) is 6.58. The van der Waals surface area contributed by atoms with Crippen molar-refractivity contribution < 1.29 is 18.3 Å². The van der Waals surface area contributed by atoms with Crippen molar-refractivity contribution in [3.8, 4) is 0 Å². The van der Waals surface area contributed by atoms with Crippen LogP contribution in [0, 0.1) is 5.92 Å². The van der Waals surface area contributed by atoms with Crippen molar-refractivity contribution >= 4 is 27.9 Å². The molecule has 1 rings (SSSR count). The number of thioether (sulfide) groups is 1. The van der Waals surface area contributed by atoms with Crippen molar-refractivity contribution in [2.24, 2.45) is 5.92 Å². The molecule has 0 spiro atoms. The standard InChI is InChI=1S/C11H22N2O4S2/c1-9(5-8-18-2)12-19(16,17)13-6-3-10(4-7-13)11(14)15/h9-10,12H,3-8H2,1-2H3,(H,14,15). The number of nitrogens with one attached hydrogen (secondary N) is 1. The summed E-state index contributed by atoms with van der Waals surface area (Å²) < 4.78 is 28.2. The fraction of sp³-hybridized carbons (Fsp3) is 0.909. The van der Waals surface area contributed by atoms with Crippen LogP contribution in [0.3, 0.4) is 0 Å². The van der Waals surface area contributed by atoms with Crippen molar-refractivity contribution in [1.29, 1.82) is 0 Å². The second kappa shape index (κ2) is 7.47. The van der Waals surface area contributed by atoms with Gasteiger partial charge in [-0.1, -0.05) is 0 Å². The number of carbonyl (C=O) groups is 1. The summed E-state index contributed by atoms with van der Waals surface area (Å²) in [5.74, 6) is -0.344. The SMILES string of the molecule is CSCCC(C)NS(=O)(=O)N1CCC(C(=O)O)CC1. The zero-order valence-corrected chi connectivity index (χ0v) is 13.0. The van der Waals surface area contributed by atoms with Crippen LogP contribution < -0.4 is 4.72 Å².